The Hall–Kier alpha value is -0.370. The van der Waals surface area contributed by atoms with Gasteiger partial charge in [-0.1, -0.05) is 19.8 Å². The molecule has 2 aliphatic heterocycles. The molecule has 1 aliphatic carbocycles. The van der Waals surface area contributed by atoms with Gasteiger partial charge in [0.25, 0.3) is 0 Å². The van der Waals surface area contributed by atoms with Crippen LogP contribution in [0.25, 0.3) is 0 Å². The van der Waals surface area contributed by atoms with Crippen LogP contribution in [0.2, 0.25) is 0 Å². The van der Waals surface area contributed by atoms with Crippen molar-refractivity contribution in [3.05, 3.63) is 0 Å². The molecule has 0 spiro atoms. The number of carbonyl (C=O) groups is 1. The zero-order valence-corrected chi connectivity index (χ0v) is 10.2. The molecule has 90 valence electrons. The predicted octanol–water partition coefficient (Wildman–Crippen LogP) is 2.95. The summed E-state index contributed by atoms with van der Waals surface area (Å²) in [6, 6.07) is 0. The largest absolute Gasteiger partial charge is 0.374 e. The Labute approximate surface area is 97.7 Å². The lowest BCUT2D eigenvalue weighted by Gasteiger charge is -2.28. The van der Waals surface area contributed by atoms with Gasteiger partial charge >= 0.3 is 0 Å². The highest BCUT2D eigenvalue weighted by atomic mass is 16.5. The van der Waals surface area contributed by atoms with E-state index in [1.165, 1.54) is 19.3 Å². The molecule has 2 heteroatoms. The molecule has 0 aromatic heterocycles. The van der Waals surface area contributed by atoms with Crippen LogP contribution in [0.15, 0.2) is 0 Å². The minimum absolute atomic E-state index is 0.261. The highest BCUT2D eigenvalue weighted by molar-refractivity contribution is 5.84. The maximum absolute atomic E-state index is 12.4. The van der Waals surface area contributed by atoms with Crippen molar-refractivity contribution in [3.8, 4) is 0 Å². The van der Waals surface area contributed by atoms with Gasteiger partial charge in [-0.25, -0.2) is 0 Å². The number of hydrogen-bond donors (Lipinski definition) is 0. The Morgan fingerprint density at radius 1 is 1.06 bits per heavy atom. The van der Waals surface area contributed by atoms with Gasteiger partial charge in [-0.2, -0.15) is 0 Å². The molecule has 0 amide bonds. The normalized spacial score (nSPS) is 47.2. The first-order valence-corrected chi connectivity index (χ1v) is 6.93. The smallest absolute Gasteiger partial charge is 0.141 e. The minimum Gasteiger partial charge on any atom is -0.374 e. The van der Waals surface area contributed by atoms with Gasteiger partial charge in [-0.15, -0.1) is 0 Å². The Morgan fingerprint density at radius 2 is 1.81 bits per heavy atom. The van der Waals surface area contributed by atoms with E-state index in [-0.39, 0.29) is 12.0 Å². The molecular formula is C14H22O2. The summed E-state index contributed by atoms with van der Waals surface area (Å²) in [6.45, 7) is 2.31. The number of hydrogen-bond acceptors (Lipinski definition) is 2. The number of rotatable bonds is 2. The molecule has 0 aromatic rings. The third kappa shape index (κ3) is 1.81. The van der Waals surface area contributed by atoms with Crippen molar-refractivity contribution in [2.75, 3.05) is 0 Å². The lowest BCUT2D eigenvalue weighted by molar-refractivity contribution is -0.129. The standard InChI is InChI=1S/C14H22O2/c1-9-2-4-10(5-3-9)14(15)12-8-11-6-7-13(12)16-11/h9-13H,2-8H2,1H3. The third-order valence-corrected chi connectivity index (χ3v) is 4.89. The van der Waals surface area contributed by atoms with Crippen molar-refractivity contribution in [1.82, 2.24) is 0 Å². The number of Topliss-reactive ketones (excluding diaryl/α,β-unsaturated/α-hetero) is 1. The van der Waals surface area contributed by atoms with E-state index in [0.717, 1.165) is 31.6 Å². The summed E-state index contributed by atoms with van der Waals surface area (Å²) < 4.78 is 5.80. The highest BCUT2D eigenvalue weighted by Crippen LogP contribution is 2.42. The van der Waals surface area contributed by atoms with Crippen molar-refractivity contribution >= 4 is 5.78 Å². The Morgan fingerprint density at radius 3 is 2.38 bits per heavy atom. The van der Waals surface area contributed by atoms with Gasteiger partial charge in [-0.05, 0) is 38.0 Å². The SMILES string of the molecule is CC1CCC(C(=O)C2CC3CCC2O3)CC1. The van der Waals surface area contributed by atoms with Gasteiger partial charge in [0.1, 0.15) is 5.78 Å². The Balaban J connectivity index is 1.61. The molecule has 3 fully saturated rings. The monoisotopic (exact) mass is 222 g/mol. The molecular weight excluding hydrogens is 200 g/mol. The lowest BCUT2D eigenvalue weighted by Crippen LogP contribution is -2.32. The second-order valence-corrected chi connectivity index (χ2v) is 6.08. The summed E-state index contributed by atoms with van der Waals surface area (Å²) >= 11 is 0. The second-order valence-electron chi connectivity index (χ2n) is 6.08. The maximum atomic E-state index is 12.4. The van der Waals surface area contributed by atoms with Crippen LogP contribution in [0.3, 0.4) is 0 Å². The average molecular weight is 222 g/mol. The first kappa shape index (κ1) is 10.8. The number of fused-ring (bicyclic) bond motifs is 2. The van der Waals surface area contributed by atoms with Crippen molar-refractivity contribution in [2.45, 2.75) is 64.1 Å². The third-order valence-electron chi connectivity index (χ3n) is 4.89. The molecule has 0 N–H and O–H groups in total. The molecule has 3 rings (SSSR count). The van der Waals surface area contributed by atoms with E-state index in [4.69, 9.17) is 4.74 Å². The molecule has 3 unspecified atom stereocenters. The average Bonchev–Trinajstić information content (AvgIpc) is 2.91. The number of ketones is 1. The van der Waals surface area contributed by atoms with Crippen molar-refractivity contribution < 1.29 is 9.53 Å². The molecule has 1 saturated carbocycles. The summed E-state index contributed by atoms with van der Waals surface area (Å²) in [5.41, 5.74) is 0. The highest BCUT2D eigenvalue weighted by Gasteiger charge is 2.45. The van der Waals surface area contributed by atoms with Gasteiger partial charge in [0, 0.05) is 11.8 Å². The van der Waals surface area contributed by atoms with Gasteiger partial charge in [-0.3, -0.25) is 4.79 Å². The van der Waals surface area contributed by atoms with Gasteiger partial charge in [0.2, 0.25) is 0 Å². The van der Waals surface area contributed by atoms with Crippen LogP contribution in [0.5, 0.6) is 0 Å². The molecule has 2 heterocycles. The molecule has 3 aliphatic rings. The Kier molecular flexibility index (Phi) is 2.78. The summed E-state index contributed by atoms with van der Waals surface area (Å²) in [5.74, 6) is 2.00. The first-order valence-electron chi connectivity index (χ1n) is 6.93. The van der Waals surface area contributed by atoms with E-state index in [9.17, 15) is 4.79 Å². The van der Waals surface area contributed by atoms with E-state index in [1.807, 2.05) is 0 Å². The zero-order chi connectivity index (χ0) is 11.1. The molecule has 0 radical (unpaired) electrons. The molecule has 2 saturated heterocycles. The maximum Gasteiger partial charge on any atom is 0.141 e. The van der Waals surface area contributed by atoms with E-state index >= 15 is 0 Å². The van der Waals surface area contributed by atoms with Crippen molar-refractivity contribution in [3.63, 3.8) is 0 Å². The summed E-state index contributed by atoms with van der Waals surface area (Å²) in [6.07, 6.45) is 8.81. The number of carbonyl (C=O) groups excluding carboxylic acids is 1. The van der Waals surface area contributed by atoms with Crippen molar-refractivity contribution in [1.29, 1.82) is 0 Å². The lowest BCUT2D eigenvalue weighted by atomic mass is 9.74. The summed E-state index contributed by atoms with van der Waals surface area (Å²) in [7, 11) is 0. The fourth-order valence-electron chi connectivity index (χ4n) is 3.78. The summed E-state index contributed by atoms with van der Waals surface area (Å²) in [5, 5.41) is 0. The number of ether oxygens (including phenoxy) is 1. The molecule has 2 bridgehead atoms. The zero-order valence-electron chi connectivity index (χ0n) is 10.2. The van der Waals surface area contributed by atoms with Crippen LogP contribution in [0.4, 0.5) is 0 Å². The van der Waals surface area contributed by atoms with Crippen LogP contribution in [-0.2, 0) is 9.53 Å². The molecule has 3 atom stereocenters. The molecule has 0 aromatic carbocycles. The fraction of sp³-hybridized carbons (Fsp3) is 0.929. The van der Waals surface area contributed by atoms with Crippen LogP contribution in [0.1, 0.15) is 51.9 Å². The molecule has 16 heavy (non-hydrogen) atoms. The first-order chi connectivity index (χ1) is 7.74. The quantitative estimate of drug-likeness (QED) is 0.718. The van der Waals surface area contributed by atoms with E-state index in [0.29, 0.717) is 17.8 Å². The van der Waals surface area contributed by atoms with Gasteiger partial charge in [0.05, 0.1) is 12.2 Å². The van der Waals surface area contributed by atoms with Crippen LogP contribution in [0, 0.1) is 17.8 Å². The predicted molar refractivity (Wildman–Crippen MR) is 62.1 cm³/mol. The Bertz CT molecular complexity index is 278. The van der Waals surface area contributed by atoms with Gasteiger partial charge in [0.15, 0.2) is 0 Å². The van der Waals surface area contributed by atoms with Gasteiger partial charge < -0.3 is 4.74 Å². The van der Waals surface area contributed by atoms with Crippen LogP contribution < -0.4 is 0 Å². The van der Waals surface area contributed by atoms with Crippen molar-refractivity contribution in [2.24, 2.45) is 17.8 Å². The summed E-state index contributed by atoms with van der Waals surface area (Å²) in [4.78, 5) is 12.4. The fourth-order valence-corrected chi connectivity index (χ4v) is 3.78. The van der Waals surface area contributed by atoms with E-state index < -0.39 is 0 Å². The van der Waals surface area contributed by atoms with Crippen LogP contribution >= 0.6 is 0 Å². The topological polar surface area (TPSA) is 26.3 Å². The molecule has 2 nitrogen and oxygen atoms in total. The van der Waals surface area contributed by atoms with E-state index in [2.05, 4.69) is 6.92 Å². The van der Waals surface area contributed by atoms with Crippen LogP contribution in [-0.4, -0.2) is 18.0 Å². The second kappa shape index (κ2) is 4.14. The minimum atomic E-state index is 0.261. The van der Waals surface area contributed by atoms with E-state index in [1.54, 1.807) is 0 Å².